The number of aryl methyl sites for hydroxylation is 1. The largest absolute Gasteiger partial charge is 0.404 e. The van der Waals surface area contributed by atoms with Gasteiger partial charge in [-0.2, -0.15) is 31.4 Å². The Bertz CT molecular complexity index is 1000. The van der Waals surface area contributed by atoms with Gasteiger partial charge >= 0.3 is 6.18 Å². The molecule has 1 atom stereocenters. The number of sulfonamides is 1. The predicted octanol–water partition coefficient (Wildman–Crippen LogP) is 3.55. The second-order valence-electron chi connectivity index (χ2n) is 5.76. The summed E-state index contributed by atoms with van der Waals surface area (Å²) in [5.74, 6) is -3.55. The minimum Gasteiger partial charge on any atom is -0.345 e. The van der Waals surface area contributed by atoms with E-state index in [0.717, 1.165) is 22.9 Å². The van der Waals surface area contributed by atoms with Crippen LogP contribution in [0.1, 0.15) is 17.4 Å². The van der Waals surface area contributed by atoms with Crippen LogP contribution in [-0.2, 0) is 17.1 Å². The molecular weight excluding hydrogens is 465 g/mol. The van der Waals surface area contributed by atoms with Crippen LogP contribution in [0, 0.1) is 11.6 Å². The van der Waals surface area contributed by atoms with Crippen molar-refractivity contribution >= 4 is 46.7 Å². The first-order chi connectivity index (χ1) is 12.7. The number of anilines is 1. The quantitative estimate of drug-likeness (QED) is 0.508. The molecule has 0 aliphatic heterocycles. The second-order valence-corrected chi connectivity index (χ2v) is 7.89. The van der Waals surface area contributed by atoms with Crippen molar-refractivity contribution < 1.29 is 35.2 Å². The smallest absolute Gasteiger partial charge is 0.345 e. The van der Waals surface area contributed by atoms with Crippen LogP contribution >= 0.6 is 25.1 Å². The third-order valence-corrected chi connectivity index (χ3v) is 5.37. The summed E-state index contributed by atoms with van der Waals surface area (Å²) >= 11 is 5.48. The molecule has 0 saturated heterocycles. The highest BCUT2D eigenvalue weighted by atomic mass is 35.5. The van der Waals surface area contributed by atoms with Crippen LogP contribution in [-0.4, -0.2) is 31.1 Å². The van der Waals surface area contributed by atoms with Gasteiger partial charge in [0, 0.05) is 25.0 Å². The van der Waals surface area contributed by atoms with E-state index in [4.69, 9.17) is 11.6 Å². The lowest BCUT2D eigenvalue weighted by Crippen LogP contribution is -2.42. The number of amides is 1. The summed E-state index contributed by atoms with van der Waals surface area (Å²) in [5.41, 5.74) is -0.468. The zero-order valence-corrected chi connectivity index (χ0v) is 17.3. The molecule has 1 heterocycles. The number of rotatable bonds is 5. The van der Waals surface area contributed by atoms with E-state index in [9.17, 15) is 35.2 Å². The minimum atomic E-state index is -4.80. The van der Waals surface area contributed by atoms with Crippen LogP contribution < -0.4 is 10.0 Å². The molecule has 1 amide bonds. The molecule has 0 aliphatic rings. The van der Waals surface area contributed by atoms with Gasteiger partial charge < -0.3 is 9.88 Å². The average Bonchev–Trinajstić information content (AvgIpc) is 2.94. The Morgan fingerprint density at radius 1 is 1.21 bits per heavy atom. The van der Waals surface area contributed by atoms with Crippen molar-refractivity contribution in [1.82, 2.24) is 9.29 Å². The SMILES string of the molecule is C[C@H](NS(=O)(=O)c1cc(C(=O)Nc2cc(F)c(F)c(Cl)c2)n(C)c1)C(F)(F)F.S. The molecule has 14 heteroatoms. The molecule has 29 heavy (non-hydrogen) atoms. The number of hydrogen-bond donors (Lipinski definition) is 2. The topological polar surface area (TPSA) is 80.2 Å². The van der Waals surface area contributed by atoms with E-state index in [2.05, 4.69) is 5.32 Å². The first-order valence-corrected chi connectivity index (χ1v) is 9.30. The highest BCUT2D eigenvalue weighted by Gasteiger charge is 2.39. The zero-order chi connectivity index (χ0) is 21.4. The average molecular weight is 480 g/mol. The number of carbonyl (C=O) groups excluding carboxylic acids is 1. The van der Waals surface area contributed by atoms with Crippen molar-refractivity contribution in [1.29, 1.82) is 0 Å². The van der Waals surface area contributed by atoms with Crippen LogP contribution in [0.15, 0.2) is 29.3 Å². The van der Waals surface area contributed by atoms with Crippen molar-refractivity contribution in [3.63, 3.8) is 0 Å². The number of aromatic nitrogens is 1. The maximum absolute atomic E-state index is 13.4. The van der Waals surface area contributed by atoms with Crippen molar-refractivity contribution in [3.8, 4) is 0 Å². The number of hydrogen-bond acceptors (Lipinski definition) is 3. The third-order valence-electron chi connectivity index (χ3n) is 3.59. The molecular formula is C15H15ClF5N3O3S2. The Morgan fingerprint density at radius 3 is 2.31 bits per heavy atom. The van der Waals surface area contributed by atoms with Crippen molar-refractivity contribution in [2.24, 2.45) is 7.05 Å². The molecule has 0 aliphatic carbocycles. The van der Waals surface area contributed by atoms with Crippen LogP contribution in [0.4, 0.5) is 27.6 Å². The molecule has 0 radical (unpaired) electrons. The molecule has 2 rings (SSSR count). The fourth-order valence-corrected chi connectivity index (χ4v) is 3.60. The van der Waals surface area contributed by atoms with E-state index < -0.39 is 49.7 Å². The molecule has 0 unspecified atom stereocenters. The van der Waals surface area contributed by atoms with E-state index in [1.165, 1.54) is 11.8 Å². The van der Waals surface area contributed by atoms with Gasteiger partial charge in [0.15, 0.2) is 11.6 Å². The lowest BCUT2D eigenvalue weighted by Gasteiger charge is -2.16. The van der Waals surface area contributed by atoms with Gasteiger partial charge in [0.1, 0.15) is 16.6 Å². The van der Waals surface area contributed by atoms with Gasteiger partial charge in [0.25, 0.3) is 5.91 Å². The lowest BCUT2D eigenvalue weighted by atomic mass is 10.3. The molecule has 1 aromatic carbocycles. The van der Waals surface area contributed by atoms with E-state index in [0.29, 0.717) is 13.0 Å². The van der Waals surface area contributed by atoms with Gasteiger partial charge in [-0.25, -0.2) is 17.2 Å². The standard InChI is InChI=1S/C15H13ClF5N3O3S.H2S/c1-7(15(19,20)21)23-28(26,27)9-5-12(24(2)6-9)14(25)22-8-3-10(16)13(18)11(17)4-8;/h3-7,23H,1-2H3,(H,22,25);1H2/t7-;/m0./s1. The number of nitrogens with one attached hydrogen (secondary N) is 2. The molecule has 6 nitrogen and oxygen atoms in total. The second kappa shape index (κ2) is 8.90. The van der Waals surface area contributed by atoms with Crippen molar-refractivity contribution in [3.05, 3.63) is 46.7 Å². The summed E-state index contributed by atoms with van der Waals surface area (Å²) in [6, 6.07) is 0.0823. The van der Waals surface area contributed by atoms with Crippen molar-refractivity contribution in [2.45, 2.75) is 24.0 Å². The number of alkyl halides is 3. The molecule has 0 saturated carbocycles. The molecule has 1 aromatic heterocycles. The summed E-state index contributed by atoms with van der Waals surface area (Å²) in [6.45, 7) is 0.626. The molecule has 2 aromatic rings. The lowest BCUT2D eigenvalue weighted by molar-refractivity contribution is -0.147. The Morgan fingerprint density at radius 2 is 1.79 bits per heavy atom. The van der Waals surface area contributed by atoms with Gasteiger partial charge in [0.2, 0.25) is 10.0 Å². The third kappa shape index (κ3) is 5.84. The number of nitrogens with zero attached hydrogens (tertiary/aromatic N) is 1. The van der Waals surface area contributed by atoms with E-state index in [-0.39, 0.29) is 24.9 Å². The van der Waals surface area contributed by atoms with Crippen LogP contribution in [0.25, 0.3) is 0 Å². The van der Waals surface area contributed by atoms with Crippen LogP contribution in [0.2, 0.25) is 5.02 Å². The Kier molecular flexibility index (Phi) is 7.73. The summed E-state index contributed by atoms with van der Waals surface area (Å²) in [6.07, 6.45) is -3.87. The first-order valence-electron chi connectivity index (χ1n) is 7.43. The van der Waals surface area contributed by atoms with E-state index >= 15 is 0 Å². The highest BCUT2D eigenvalue weighted by Crippen LogP contribution is 2.25. The minimum absolute atomic E-state index is 0. The summed E-state index contributed by atoms with van der Waals surface area (Å²) in [5, 5.41) is 1.60. The van der Waals surface area contributed by atoms with Gasteiger partial charge in [-0.1, -0.05) is 11.6 Å². The van der Waals surface area contributed by atoms with Gasteiger partial charge in [-0.15, -0.1) is 0 Å². The number of benzene rings is 1. The maximum atomic E-state index is 13.4. The van der Waals surface area contributed by atoms with Gasteiger partial charge in [-0.05, 0) is 19.1 Å². The zero-order valence-electron chi connectivity index (χ0n) is 14.7. The summed E-state index contributed by atoms with van der Waals surface area (Å²) in [4.78, 5) is 11.7. The van der Waals surface area contributed by atoms with Gasteiger partial charge in [-0.3, -0.25) is 4.79 Å². The molecule has 0 fully saturated rings. The van der Waals surface area contributed by atoms with E-state index in [1.54, 1.807) is 0 Å². The normalized spacial score (nSPS) is 13.0. The number of carbonyl (C=O) groups is 1. The summed E-state index contributed by atoms with van der Waals surface area (Å²) in [7, 11) is -3.29. The van der Waals surface area contributed by atoms with Crippen LogP contribution in [0.5, 0.6) is 0 Å². The maximum Gasteiger partial charge on any atom is 0.404 e. The number of halogens is 6. The fraction of sp³-hybridized carbons (Fsp3) is 0.267. The molecule has 0 bridgehead atoms. The van der Waals surface area contributed by atoms with Gasteiger partial charge in [0.05, 0.1) is 5.02 Å². The highest BCUT2D eigenvalue weighted by molar-refractivity contribution is 7.89. The first kappa shape index (κ1) is 25.2. The molecule has 0 spiro atoms. The predicted molar refractivity (Wildman–Crippen MR) is 101 cm³/mol. The van der Waals surface area contributed by atoms with Crippen LogP contribution in [0.3, 0.4) is 0 Å². The molecule has 162 valence electrons. The van der Waals surface area contributed by atoms with E-state index in [1.807, 2.05) is 0 Å². The Balaban J connectivity index is 0.00000420. The fourth-order valence-electron chi connectivity index (χ4n) is 2.10. The Hall–Kier alpha value is -1.83. The van der Waals surface area contributed by atoms with Crippen molar-refractivity contribution in [2.75, 3.05) is 5.32 Å². The summed E-state index contributed by atoms with van der Waals surface area (Å²) < 4.78 is 91.0. The Labute approximate surface area is 174 Å². The monoisotopic (exact) mass is 479 g/mol. The molecule has 2 N–H and O–H groups in total.